The monoisotopic (exact) mass is 519 g/mol. The predicted molar refractivity (Wildman–Crippen MR) is 127 cm³/mol. The van der Waals surface area contributed by atoms with Crippen molar-refractivity contribution in [2.24, 2.45) is 4.99 Å². The average Bonchev–Trinajstić information content (AvgIpc) is 3.03. The highest BCUT2D eigenvalue weighted by atomic mass is 127. The maximum Gasteiger partial charge on any atom is 0.191 e. The third-order valence-electron chi connectivity index (χ3n) is 4.99. The second kappa shape index (κ2) is 10.4. The molecule has 156 valence electrons. The fraction of sp³-hybridized carbons (Fsp3) is 0.526. The van der Waals surface area contributed by atoms with Crippen molar-refractivity contribution in [3.8, 4) is 0 Å². The number of fused-ring (bicyclic) bond motifs is 1. The summed E-state index contributed by atoms with van der Waals surface area (Å²) in [7, 11) is -1.05. The molecule has 1 aromatic carbocycles. The van der Waals surface area contributed by atoms with Gasteiger partial charge in [0, 0.05) is 56.9 Å². The number of rotatable bonds is 6. The number of benzene rings is 1. The van der Waals surface area contributed by atoms with Crippen LogP contribution in [0.5, 0.6) is 0 Å². The van der Waals surface area contributed by atoms with Gasteiger partial charge in [-0.25, -0.2) is 8.42 Å². The first-order valence-electron chi connectivity index (χ1n) is 9.41. The summed E-state index contributed by atoms with van der Waals surface area (Å²) >= 11 is 0. The van der Waals surface area contributed by atoms with E-state index in [4.69, 9.17) is 0 Å². The molecule has 1 aliphatic heterocycles. The Bertz CT molecular complexity index is 896. The minimum absolute atomic E-state index is 0. The highest BCUT2D eigenvalue weighted by Gasteiger charge is 2.20. The Morgan fingerprint density at radius 3 is 2.64 bits per heavy atom. The zero-order chi connectivity index (χ0) is 19.3. The van der Waals surface area contributed by atoms with Crippen molar-refractivity contribution in [1.82, 2.24) is 20.5 Å². The Kier molecular flexibility index (Phi) is 8.56. The molecule has 9 heteroatoms. The summed E-state index contributed by atoms with van der Waals surface area (Å²) < 4.78 is 22.9. The van der Waals surface area contributed by atoms with Crippen LogP contribution in [0.15, 0.2) is 29.4 Å². The Morgan fingerprint density at radius 2 is 1.93 bits per heavy atom. The van der Waals surface area contributed by atoms with Gasteiger partial charge >= 0.3 is 0 Å². The molecule has 0 radical (unpaired) electrons. The molecule has 0 spiro atoms. The lowest BCUT2D eigenvalue weighted by Crippen LogP contribution is -2.46. The van der Waals surface area contributed by atoms with Crippen LogP contribution in [0.25, 0.3) is 10.9 Å². The highest BCUT2D eigenvalue weighted by Crippen LogP contribution is 2.19. The first-order valence-corrected chi connectivity index (χ1v) is 11.2. The molecular weight excluding hydrogens is 489 g/mol. The van der Waals surface area contributed by atoms with Crippen LogP contribution in [0.4, 0.5) is 0 Å². The lowest BCUT2D eigenvalue weighted by Gasteiger charge is -2.26. The molecule has 7 nitrogen and oxygen atoms in total. The van der Waals surface area contributed by atoms with Crippen LogP contribution in [-0.4, -0.2) is 75.5 Å². The average molecular weight is 519 g/mol. The van der Waals surface area contributed by atoms with E-state index in [-0.39, 0.29) is 35.5 Å². The lowest BCUT2D eigenvalue weighted by atomic mass is 10.1. The molecular formula is C19H30IN5O2S. The van der Waals surface area contributed by atoms with E-state index in [2.05, 4.69) is 56.8 Å². The summed E-state index contributed by atoms with van der Waals surface area (Å²) in [6, 6.07) is 6.47. The van der Waals surface area contributed by atoms with E-state index in [1.807, 2.05) is 0 Å². The zero-order valence-corrected chi connectivity index (χ0v) is 19.6. The number of nitrogens with one attached hydrogen (secondary N) is 3. The van der Waals surface area contributed by atoms with E-state index in [1.165, 1.54) is 22.0 Å². The van der Waals surface area contributed by atoms with E-state index in [9.17, 15) is 8.42 Å². The van der Waals surface area contributed by atoms with Gasteiger partial charge in [-0.3, -0.25) is 9.89 Å². The maximum atomic E-state index is 11.5. The lowest BCUT2D eigenvalue weighted by molar-refractivity contribution is 0.299. The Morgan fingerprint density at radius 1 is 1.21 bits per heavy atom. The van der Waals surface area contributed by atoms with Crippen LogP contribution in [0, 0.1) is 6.92 Å². The van der Waals surface area contributed by atoms with Gasteiger partial charge in [0.05, 0.1) is 11.5 Å². The molecule has 0 saturated carbocycles. The Hall–Kier alpha value is -1.33. The van der Waals surface area contributed by atoms with E-state index in [1.54, 1.807) is 7.05 Å². The van der Waals surface area contributed by atoms with Gasteiger partial charge in [-0.2, -0.15) is 0 Å². The van der Waals surface area contributed by atoms with Gasteiger partial charge in [0.25, 0.3) is 0 Å². The van der Waals surface area contributed by atoms with E-state index in [0.29, 0.717) is 13.1 Å². The fourth-order valence-electron chi connectivity index (χ4n) is 3.35. The van der Waals surface area contributed by atoms with Crippen LogP contribution in [0.1, 0.15) is 11.1 Å². The molecule has 2 heterocycles. The fourth-order valence-corrected chi connectivity index (χ4v) is 4.63. The molecule has 1 saturated heterocycles. The summed E-state index contributed by atoms with van der Waals surface area (Å²) in [6.45, 7) is 5.69. The van der Waals surface area contributed by atoms with Crippen molar-refractivity contribution in [3.63, 3.8) is 0 Å². The molecule has 3 rings (SSSR count). The predicted octanol–water partition coefficient (Wildman–Crippen LogP) is 1.53. The maximum absolute atomic E-state index is 11.5. The van der Waals surface area contributed by atoms with Crippen LogP contribution < -0.4 is 10.6 Å². The standard InChI is InChI=1S/C19H29N5O2S.HI/c1-15-3-4-17-16(14-23-18(17)13-15)5-6-21-19(20-2)22-7-8-24-9-11-27(25,26)12-10-24;/h3-4,13-14,23H,5-12H2,1-2H3,(H2,20,21,22);1H. The smallest absolute Gasteiger partial charge is 0.191 e. The Labute approximate surface area is 184 Å². The molecule has 0 aliphatic carbocycles. The number of sulfone groups is 1. The topological polar surface area (TPSA) is 89.6 Å². The van der Waals surface area contributed by atoms with Gasteiger partial charge in [-0.15, -0.1) is 24.0 Å². The number of aromatic amines is 1. The third kappa shape index (κ3) is 6.35. The number of H-pyrrole nitrogens is 1. The van der Waals surface area contributed by atoms with E-state index in [0.717, 1.165) is 32.0 Å². The summed E-state index contributed by atoms with van der Waals surface area (Å²) in [6.07, 6.45) is 2.99. The molecule has 0 atom stereocenters. The van der Waals surface area contributed by atoms with Gasteiger partial charge < -0.3 is 15.6 Å². The van der Waals surface area contributed by atoms with Crippen LogP contribution >= 0.6 is 24.0 Å². The SMILES string of the molecule is CN=C(NCCc1c[nH]c2cc(C)ccc12)NCCN1CCS(=O)(=O)CC1.I. The number of aliphatic imine (C=N–C) groups is 1. The van der Waals surface area contributed by atoms with Gasteiger partial charge in [0.1, 0.15) is 0 Å². The molecule has 1 aromatic heterocycles. The second-order valence-corrected chi connectivity index (χ2v) is 9.34. The highest BCUT2D eigenvalue weighted by molar-refractivity contribution is 14.0. The summed E-state index contributed by atoms with van der Waals surface area (Å²) in [5.41, 5.74) is 3.73. The number of aryl methyl sites for hydroxylation is 1. The quantitative estimate of drug-likeness (QED) is 0.306. The van der Waals surface area contributed by atoms with E-state index >= 15 is 0 Å². The number of aromatic nitrogens is 1. The van der Waals surface area contributed by atoms with Crippen LogP contribution in [0.3, 0.4) is 0 Å². The van der Waals surface area contributed by atoms with Gasteiger partial charge in [-0.05, 0) is 30.5 Å². The number of hydrogen-bond donors (Lipinski definition) is 3. The molecule has 0 amide bonds. The third-order valence-corrected chi connectivity index (χ3v) is 6.60. The summed E-state index contributed by atoms with van der Waals surface area (Å²) in [5.74, 6) is 1.31. The minimum atomic E-state index is -2.81. The van der Waals surface area contributed by atoms with E-state index < -0.39 is 9.84 Å². The molecule has 1 aliphatic rings. The van der Waals surface area contributed by atoms with Crippen molar-refractivity contribution in [2.75, 3.05) is 51.3 Å². The minimum Gasteiger partial charge on any atom is -0.361 e. The number of halogens is 1. The molecule has 1 fully saturated rings. The van der Waals surface area contributed by atoms with Crippen LogP contribution in [0.2, 0.25) is 0 Å². The molecule has 28 heavy (non-hydrogen) atoms. The van der Waals surface area contributed by atoms with Crippen molar-refractivity contribution in [1.29, 1.82) is 0 Å². The normalized spacial score (nSPS) is 17.3. The first kappa shape index (κ1) is 23.0. The van der Waals surface area contributed by atoms with Crippen LogP contribution in [-0.2, 0) is 16.3 Å². The largest absolute Gasteiger partial charge is 0.361 e. The Balaban J connectivity index is 0.00000280. The number of nitrogens with zero attached hydrogens (tertiary/aromatic N) is 2. The van der Waals surface area contributed by atoms with Gasteiger partial charge in [0.2, 0.25) is 0 Å². The number of hydrogen-bond acceptors (Lipinski definition) is 4. The molecule has 0 unspecified atom stereocenters. The van der Waals surface area contributed by atoms with Gasteiger partial charge in [0.15, 0.2) is 15.8 Å². The van der Waals surface area contributed by atoms with Crippen molar-refractivity contribution < 1.29 is 8.42 Å². The van der Waals surface area contributed by atoms with Crippen molar-refractivity contribution in [2.45, 2.75) is 13.3 Å². The zero-order valence-electron chi connectivity index (χ0n) is 16.5. The molecule has 2 aromatic rings. The van der Waals surface area contributed by atoms with Crippen molar-refractivity contribution in [3.05, 3.63) is 35.5 Å². The number of guanidine groups is 1. The summed E-state index contributed by atoms with van der Waals surface area (Å²) in [5, 5.41) is 7.92. The first-order chi connectivity index (χ1) is 13.0. The van der Waals surface area contributed by atoms with Gasteiger partial charge in [-0.1, -0.05) is 12.1 Å². The van der Waals surface area contributed by atoms with Crippen molar-refractivity contribution >= 4 is 50.7 Å². The summed E-state index contributed by atoms with van der Waals surface area (Å²) in [4.78, 5) is 9.77. The molecule has 0 bridgehead atoms. The second-order valence-electron chi connectivity index (χ2n) is 7.03. The molecule has 3 N–H and O–H groups in total.